The lowest BCUT2D eigenvalue weighted by Gasteiger charge is -2.32. The Bertz CT molecular complexity index is 896. The number of hydrogen-bond acceptors (Lipinski definition) is 4. The van der Waals surface area contributed by atoms with Crippen molar-refractivity contribution in [3.05, 3.63) is 46.5 Å². The first-order valence-corrected chi connectivity index (χ1v) is 9.71. The van der Waals surface area contributed by atoms with Crippen molar-refractivity contribution in [2.75, 3.05) is 19.6 Å². The minimum absolute atomic E-state index is 0.0898. The molecule has 0 saturated carbocycles. The van der Waals surface area contributed by atoms with Crippen molar-refractivity contribution in [1.82, 2.24) is 14.8 Å². The van der Waals surface area contributed by atoms with Crippen LogP contribution in [0.1, 0.15) is 33.6 Å². The Kier molecular flexibility index (Phi) is 6.03. The summed E-state index contributed by atoms with van der Waals surface area (Å²) >= 11 is 0. The molecule has 2 aromatic rings. The van der Waals surface area contributed by atoms with E-state index in [9.17, 15) is 14.0 Å². The SMILES string of the molecule is CC(C)(C)NC(=O)OC1CCN(CCn2c(=O)ccc3ccc(F)cc32)CC1. The maximum absolute atomic E-state index is 13.6. The van der Waals surface area contributed by atoms with Crippen LogP contribution in [0.2, 0.25) is 0 Å². The van der Waals surface area contributed by atoms with E-state index in [0.717, 1.165) is 31.3 Å². The van der Waals surface area contributed by atoms with Gasteiger partial charge in [0.15, 0.2) is 0 Å². The Labute approximate surface area is 164 Å². The summed E-state index contributed by atoms with van der Waals surface area (Å²) in [6, 6.07) is 7.74. The molecule has 1 aromatic carbocycles. The van der Waals surface area contributed by atoms with E-state index in [2.05, 4.69) is 10.2 Å². The molecule has 152 valence electrons. The molecule has 1 saturated heterocycles. The van der Waals surface area contributed by atoms with E-state index in [1.54, 1.807) is 16.7 Å². The molecule has 1 aliphatic heterocycles. The number of fused-ring (bicyclic) bond motifs is 1. The summed E-state index contributed by atoms with van der Waals surface area (Å²) in [6.07, 6.45) is 1.05. The van der Waals surface area contributed by atoms with E-state index in [4.69, 9.17) is 4.74 Å². The number of nitrogens with one attached hydrogen (secondary N) is 1. The van der Waals surface area contributed by atoms with Crippen LogP contribution in [0, 0.1) is 5.82 Å². The highest BCUT2D eigenvalue weighted by atomic mass is 19.1. The van der Waals surface area contributed by atoms with Crippen molar-refractivity contribution in [3.63, 3.8) is 0 Å². The van der Waals surface area contributed by atoms with Crippen LogP contribution >= 0.6 is 0 Å². The van der Waals surface area contributed by atoms with Crippen LogP contribution < -0.4 is 10.9 Å². The first-order valence-electron chi connectivity index (χ1n) is 9.71. The number of carbonyl (C=O) groups is 1. The minimum atomic E-state index is -0.379. The molecule has 1 aromatic heterocycles. The average Bonchev–Trinajstić information content (AvgIpc) is 2.60. The summed E-state index contributed by atoms with van der Waals surface area (Å²) in [4.78, 5) is 26.4. The first kappa shape index (κ1) is 20.3. The lowest BCUT2D eigenvalue weighted by atomic mass is 10.1. The van der Waals surface area contributed by atoms with Gasteiger partial charge >= 0.3 is 6.09 Å². The van der Waals surface area contributed by atoms with Crippen molar-refractivity contribution in [3.8, 4) is 0 Å². The molecular formula is C21H28FN3O3. The van der Waals surface area contributed by atoms with Crippen LogP contribution in [0.3, 0.4) is 0 Å². The van der Waals surface area contributed by atoms with E-state index in [1.807, 2.05) is 20.8 Å². The van der Waals surface area contributed by atoms with Crippen molar-refractivity contribution >= 4 is 17.0 Å². The molecule has 0 aliphatic carbocycles. The summed E-state index contributed by atoms with van der Waals surface area (Å²) in [5.41, 5.74) is 0.169. The molecule has 6 nitrogen and oxygen atoms in total. The van der Waals surface area contributed by atoms with E-state index in [1.165, 1.54) is 18.2 Å². The first-order chi connectivity index (χ1) is 13.2. The number of piperidine rings is 1. The molecule has 1 aliphatic rings. The van der Waals surface area contributed by atoms with Gasteiger partial charge in [-0.15, -0.1) is 0 Å². The van der Waals surface area contributed by atoms with Gasteiger partial charge in [-0.05, 0) is 63.3 Å². The zero-order valence-corrected chi connectivity index (χ0v) is 16.7. The Morgan fingerprint density at radius 2 is 1.86 bits per heavy atom. The Morgan fingerprint density at radius 1 is 1.18 bits per heavy atom. The number of alkyl carbamates (subject to hydrolysis) is 1. The smallest absolute Gasteiger partial charge is 0.407 e. The number of ether oxygens (including phenoxy) is 1. The van der Waals surface area contributed by atoms with Crippen LogP contribution in [-0.4, -0.2) is 46.8 Å². The van der Waals surface area contributed by atoms with Crippen LogP contribution in [0.15, 0.2) is 35.1 Å². The quantitative estimate of drug-likeness (QED) is 0.873. The number of hydrogen-bond donors (Lipinski definition) is 1. The minimum Gasteiger partial charge on any atom is -0.446 e. The molecule has 1 N–H and O–H groups in total. The number of halogens is 1. The van der Waals surface area contributed by atoms with Gasteiger partial charge in [0.05, 0.1) is 5.52 Å². The summed E-state index contributed by atoms with van der Waals surface area (Å²) in [7, 11) is 0. The zero-order chi connectivity index (χ0) is 20.3. The van der Waals surface area contributed by atoms with Crippen LogP contribution in [-0.2, 0) is 11.3 Å². The van der Waals surface area contributed by atoms with Crippen LogP contribution in [0.4, 0.5) is 9.18 Å². The lowest BCUT2D eigenvalue weighted by Crippen LogP contribution is -2.45. The molecule has 0 radical (unpaired) electrons. The highest BCUT2D eigenvalue weighted by Gasteiger charge is 2.24. The maximum Gasteiger partial charge on any atom is 0.407 e. The Morgan fingerprint density at radius 3 is 2.54 bits per heavy atom. The van der Waals surface area contributed by atoms with Crippen molar-refractivity contribution in [1.29, 1.82) is 0 Å². The highest BCUT2D eigenvalue weighted by Crippen LogP contribution is 2.16. The van der Waals surface area contributed by atoms with Gasteiger partial charge in [-0.2, -0.15) is 0 Å². The Hall–Kier alpha value is -2.41. The van der Waals surface area contributed by atoms with E-state index in [-0.39, 0.29) is 29.1 Å². The second-order valence-corrected chi connectivity index (χ2v) is 8.35. The van der Waals surface area contributed by atoms with Gasteiger partial charge in [0.25, 0.3) is 5.56 Å². The highest BCUT2D eigenvalue weighted by molar-refractivity contribution is 5.78. The monoisotopic (exact) mass is 389 g/mol. The third-order valence-electron chi connectivity index (χ3n) is 4.88. The van der Waals surface area contributed by atoms with E-state index >= 15 is 0 Å². The van der Waals surface area contributed by atoms with Gasteiger partial charge in [-0.1, -0.05) is 0 Å². The summed E-state index contributed by atoms with van der Waals surface area (Å²) in [6.45, 7) is 8.52. The van der Waals surface area contributed by atoms with Gasteiger partial charge < -0.3 is 19.5 Å². The van der Waals surface area contributed by atoms with E-state index < -0.39 is 0 Å². The number of nitrogens with zero attached hydrogens (tertiary/aromatic N) is 2. The molecule has 0 atom stereocenters. The molecular weight excluding hydrogens is 361 g/mol. The van der Waals surface area contributed by atoms with Gasteiger partial charge in [0, 0.05) is 37.8 Å². The third-order valence-corrected chi connectivity index (χ3v) is 4.88. The average molecular weight is 389 g/mol. The lowest BCUT2D eigenvalue weighted by molar-refractivity contribution is 0.0464. The molecule has 1 amide bonds. The second kappa shape index (κ2) is 8.31. The number of amides is 1. The normalized spacial score (nSPS) is 16.3. The number of likely N-dealkylation sites (tertiary alicyclic amines) is 1. The summed E-state index contributed by atoms with van der Waals surface area (Å²) in [5, 5.41) is 3.65. The predicted octanol–water partition coefficient (Wildman–Crippen LogP) is 3.13. The molecule has 28 heavy (non-hydrogen) atoms. The number of pyridine rings is 1. The summed E-state index contributed by atoms with van der Waals surface area (Å²) < 4.78 is 20.7. The molecule has 7 heteroatoms. The van der Waals surface area contributed by atoms with Crippen LogP contribution in [0.5, 0.6) is 0 Å². The topological polar surface area (TPSA) is 63.6 Å². The zero-order valence-electron chi connectivity index (χ0n) is 16.7. The largest absolute Gasteiger partial charge is 0.446 e. The number of carbonyl (C=O) groups excluding carboxylic acids is 1. The fraction of sp³-hybridized carbons (Fsp3) is 0.524. The third kappa shape index (κ3) is 5.32. The molecule has 0 bridgehead atoms. The van der Waals surface area contributed by atoms with Crippen molar-refractivity contribution < 1.29 is 13.9 Å². The van der Waals surface area contributed by atoms with Crippen molar-refractivity contribution in [2.24, 2.45) is 0 Å². The number of benzene rings is 1. The molecule has 3 rings (SSSR count). The van der Waals surface area contributed by atoms with Gasteiger partial charge in [-0.3, -0.25) is 4.79 Å². The van der Waals surface area contributed by atoms with Gasteiger partial charge in [0.1, 0.15) is 11.9 Å². The second-order valence-electron chi connectivity index (χ2n) is 8.35. The fourth-order valence-corrected chi connectivity index (χ4v) is 3.47. The van der Waals surface area contributed by atoms with Gasteiger partial charge in [-0.25, -0.2) is 9.18 Å². The predicted molar refractivity (Wildman–Crippen MR) is 107 cm³/mol. The molecule has 2 heterocycles. The molecule has 0 spiro atoms. The van der Waals surface area contributed by atoms with Crippen molar-refractivity contribution in [2.45, 2.75) is 51.8 Å². The summed E-state index contributed by atoms with van der Waals surface area (Å²) in [5.74, 6) is -0.349. The van der Waals surface area contributed by atoms with E-state index in [0.29, 0.717) is 18.6 Å². The Balaban J connectivity index is 1.54. The standard InChI is InChI=1S/C21H28FN3O3/c1-21(2,3)23-20(27)28-17-8-10-24(11-9-17)12-13-25-18-14-16(22)6-4-15(18)5-7-19(25)26/h4-7,14,17H,8-13H2,1-3H3,(H,23,27). The van der Waals surface area contributed by atoms with Gasteiger partial charge in [0.2, 0.25) is 0 Å². The molecule has 1 fully saturated rings. The number of aromatic nitrogens is 1. The van der Waals surface area contributed by atoms with Crippen LogP contribution in [0.25, 0.3) is 10.9 Å². The maximum atomic E-state index is 13.6. The fourth-order valence-electron chi connectivity index (χ4n) is 3.47. The number of rotatable bonds is 4. The molecule has 0 unspecified atom stereocenters.